The van der Waals surface area contributed by atoms with Gasteiger partial charge in [-0.25, -0.2) is 18.1 Å². The Morgan fingerprint density at radius 2 is 2.12 bits per heavy atom. The number of amides is 1. The zero-order chi connectivity index (χ0) is 17.4. The molecule has 2 aromatic heterocycles. The van der Waals surface area contributed by atoms with Gasteiger partial charge in [0.05, 0.1) is 23.0 Å². The van der Waals surface area contributed by atoms with Crippen LogP contribution in [0.25, 0.3) is 5.52 Å². The lowest BCUT2D eigenvalue weighted by atomic mass is 10.2. The molecule has 2 N–H and O–H groups in total. The molecule has 8 heteroatoms. The van der Waals surface area contributed by atoms with Crippen LogP contribution in [-0.2, 0) is 27.7 Å². The molecular weight excluding hydrogens is 340 g/mol. The average Bonchev–Trinajstić information content (AvgIpc) is 3.16. The number of carbonyl (C=O) groups excluding carboxylic acids is 1. The van der Waals surface area contributed by atoms with E-state index in [9.17, 15) is 13.2 Å². The smallest absolute Gasteiger partial charge is 0.240 e. The molecule has 0 atom stereocenters. The van der Waals surface area contributed by atoms with E-state index in [-0.39, 0.29) is 23.8 Å². The van der Waals surface area contributed by atoms with Crippen molar-refractivity contribution in [2.24, 2.45) is 0 Å². The van der Waals surface area contributed by atoms with Gasteiger partial charge in [0, 0.05) is 24.8 Å². The van der Waals surface area contributed by atoms with Gasteiger partial charge in [-0.15, -0.1) is 0 Å². The molecule has 0 saturated heterocycles. The van der Waals surface area contributed by atoms with Gasteiger partial charge in [0.15, 0.2) is 0 Å². The molecule has 1 aliphatic heterocycles. The molecule has 0 saturated carbocycles. The molecule has 3 heterocycles. The fourth-order valence-electron chi connectivity index (χ4n) is 2.94. The Morgan fingerprint density at radius 3 is 3.00 bits per heavy atom. The number of rotatable bonds is 5. The van der Waals surface area contributed by atoms with E-state index in [0.29, 0.717) is 17.7 Å². The summed E-state index contributed by atoms with van der Waals surface area (Å²) < 4.78 is 29.4. The molecule has 0 spiro atoms. The number of nitrogens with one attached hydrogen (secondary N) is 2. The van der Waals surface area contributed by atoms with Crippen LogP contribution in [0.4, 0.5) is 5.69 Å². The van der Waals surface area contributed by atoms with Crippen LogP contribution in [0.1, 0.15) is 11.4 Å². The van der Waals surface area contributed by atoms with E-state index in [1.807, 2.05) is 28.8 Å². The third kappa shape index (κ3) is 3.01. The van der Waals surface area contributed by atoms with Gasteiger partial charge in [0.25, 0.3) is 0 Å². The quantitative estimate of drug-likeness (QED) is 0.722. The van der Waals surface area contributed by atoms with Crippen LogP contribution in [0, 0.1) is 0 Å². The maximum atomic E-state index is 12.5. The van der Waals surface area contributed by atoms with Gasteiger partial charge in [-0.1, -0.05) is 6.07 Å². The molecule has 4 rings (SSSR count). The second kappa shape index (κ2) is 5.98. The second-order valence-electron chi connectivity index (χ2n) is 5.86. The summed E-state index contributed by atoms with van der Waals surface area (Å²) >= 11 is 0. The third-order valence-corrected chi connectivity index (χ3v) is 5.63. The van der Waals surface area contributed by atoms with Crippen LogP contribution in [0.2, 0.25) is 0 Å². The lowest BCUT2D eigenvalue weighted by Crippen LogP contribution is -2.26. The zero-order valence-corrected chi connectivity index (χ0v) is 14.1. The monoisotopic (exact) mass is 356 g/mol. The number of hydrogen-bond acceptors (Lipinski definition) is 4. The number of nitrogens with zero attached hydrogens (tertiary/aromatic N) is 2. The van der Waals surface area contributed by atoms with Crippen LogP contribution in [-0.4, -0.2) is 30.3 Å². The first-order valence-corrected chi connectivity index (χ1v) is 9.35. The molecule has 0 aliphatic carbocycles. The van der Waals surface area contributed by atoms with Crippen molar-refractivity contribution >= 4 is 27.1 Å². The van der Waals surface area contributed by atoms with Gasteiger partial charge in [-0.2, -0.15) is 0 Å². The number of hydrogen-bond donors (Lipinski definition) is 2. The van der Waals surface area contributed by atoms with Crippen LogP contribution >= 0.6 is 0 Å². The Kier molecular flexibility index (Phi) is 3.78. The molecule has 0 radical (unpaired) electrons. The van der Waals surface area contributed by atoms with Crippen molar-refractivity contribution in [3.05, 3.63) is 60.2 Å². The van der Waals surface area contributed by atoms with E-state index in [0.717, 1.165) is 11.3 Å². The van der Waals surface area contributed by atoms with Crippen LogP contribution < -0.4 is 10.0 Å². The predicted octanol–water partition coefficient (Wildman–Crippen LogP) is 1.35. The molecule has 3 aromatic rings. The summed E-state index contributed by atoms with van der Waals surface area (Å²) in [6, 6.07) is 10.4. The lowest BCUT2D eigenvalue weighted by molar-refractivity contribution is -0.115. The number of pyridine rings is 1. The minimum atomic E-state index is -3.63. The van der Waals surface area contributed by atoms with E-state index in [4.69, 9.17) is 0 Å². The second-order valence-corrected chi connectivity index (χ2v) is 7.63. The predicted molar refractivity (Wildman–Crippen MR) is 92.9 cm³/mol. The number of fused-ring (bicyclic) bond motifs is 2. The minimum Gasteiger partial charge on any atom is -0.326 e. The molecule has 0 bridgehead atoms. The highest BCUT2D eigenvalue weighted by Gasteiger charge is 2.21. The van der Waals surface area contributed by atoms with E-state index < -0.39 is 10.0 Å². The first-order valence-electron chi connectivity index (χ1n) is 7.86. The zero-order valence-electron chi connectivity index (χ0n) is 13.3. The van der Waals surface area contributed by atoms with Crippen LogP contribution in [0.5, 0.6) is 0 Å². The molecule has 1 amide bonds. The molecule has 1 aromatic carbocycles. The first-order chi connectivity index (χ1) is 12.0. The first kappa shape index (κ1) is 15.8. The Hall–Kier alpha value is -2.71. The van der Waals surface area contributed by atoms with Gasteiger partial charge < -0.3 is 9.72 Å². The summed E-state index contributed by atoms with van der Waals surface area (Å²) in [6.45, 7) is 0.241. The van der Waals surface area contributed by atoms with Crippen molar-refractivity contribution in [3.8, 4) is 0 Å². The van der Waals surface area contributed by atoms with Gasteiger partial charge >= 0.3 is 0 Å². The molecule has 7 nitrogen and oxygen atoms in total. The van der Waals surface area contributed by atoms with Gasteiger partial charge in [-0.3, -0.25) is 4.79 Å². The molecule has 1 aliphatic rings. The normalized spacial score (nSPS) is 13.8. The fraction of sp³-hybridized carbons (Fsp3) is 0.176. The molecule has 25 heavy (non-hydrogen) atoms. The topological polar surface area (TPSA) is 92.6 Å². The van der Waals surface area contributed by atoms with Crippen LogP contribution in [0.3, 0.4) is 0 Å². The highest BCUT2D eigenvalue weighted by atomic mass is 32.2. The van der Waals surface area contributed by atoms with Crippen molar-refractivity contribution in [2.75, 3.05) is 11.9 Å². The summed E-state index contributed by atoms with van der Waals surface area (Å²) in [6.07, 6.45) is 4.34. The summed E-state index contributed by atoms with van der Waals surface area (Å²) in [7, 11) is -3.63. The SMILES string of the molecule is O=C1Cc2cc(S(=O)(=O)NCCc3ncc4ccccn34)ccc2N1. The van der Waals surface area contributed by atoms with Gasteiger partial charge in [0.2, 0.25) is 15.9 Å². The Balaban J connectivity index is 1.47. The van der Waals surface area contributed by atoms with E-state index >= 15 is 0 Å². The molecule has 128 valence electrons. The Morgan fingerprint density at radius 1 is 1.24 bits per heavy atom. The summed E-state index contributed by atoms with van der Waals surface area (Å²) in [5, 5.41) is 2.69. The van der Waals surface area contributed by atoms with Crippen molar-refractivity contribution in [1.29, 1.82) is 0 Å². The number of sulfonamides is 1. The average molecular weight is 356 g/mol. The van der Waals surface area contributed by atoms with E-state index in [2.05, 4.69) is 15.0 Å². The number of imidazole rings is 1. The molecule has 0 fully saturated rings. The maximum absolute atomic E-state index is 12.5. The third-order valence-electron chi connectivity index (χ3n) is 4.17. The number of aromatic nitrogens is 2. The molecular formula is C17H16N4O3S. The van der Waals surface area contributed by atoms with E-state index in [1.54, 1.807) is 18.3 Å². The fourth-order valence-corrected chi connectivity index (χ4v) is 4.02. The largest absolute Gasteiger partial charge is 0.326 e. The molecule has 0 unspecified atom stereocenters. The minimum absolute atomic E-state index is 0.122. The highest BCUT2D eigenvalue weighted by Crippen LogP contribution is 2.25. The van der Waals surface area contributed by atoms with Crippen molar-refractivity contribution in [3.63, 3.8) is 0 Å². The summed E-state index contributed by atoms with van der Waals surface area (Å²) in [4.78, 5) is 15.9. The Labute approximate surface area is 144 Å². The van der Waals surface area contributed by atoms with Gasteiger partial charge in [-0.05, 0) is 35.9 Å². The van der Waals surface area contributed by atoms with Gasteiger partial charge in [0.1, 0.15) is 5.82 Å². The van der Waals surface area contributed by atoms with Crippen molar-refractivity contribution in [1.82, 2.24) is 14.1 Å². The lowest BCUT2D eigenvalue weighted by Gasteiger charge is -2.08. The van der Waals surface area contributed by atoms with Crippen molar-refractivity contribution in [2.45, 2.75) is 17.7 Å². The summed E-state index contributed by atoms with van der Waals surface area (Å²) in [5.74, 6) is 0.672. The maximum Gasteiger partial charge on any atom is 0.240 e. The number of anilines is 1. The Bertz CT molecular complexity index is 1070. The number of carbonyl (C=O) groups is 1. The highest BCUT2D eigenvalue weighted by molar-refractivity contribution is 7.89. The van der Waals surface area contributed by atoms with Crippen molar-refractivity contribution < 1.29 is 13.2 Å². The summed E-state index contributed by atoms with van der Waals surface area (Å²) in [5.41, 5.74) is 2.34. The standard InChI is InChI=1S/C17H16N4O3S/c22-17-10-12-9-14(4-5-15(12)20-17)25(23,24)19-7-6-16-18-11-13-3-1-2-8-21(13)16/h1-5,8-9,11,19H,6-7,10H2,(H,20,22). The number of benzene rings is 1. The van der Waals surface area contributed by atoms with Crippen LogP contribution in [0.15, 0.2) is 53.7 Å². The van der Waals surface area contributed by atoms with E-state index in [1.165, 1.54) is 6.07 Å².